The Balaban J connectivity index is 1.04. The lowest BCUT2D eigenvalue weighted by molar-refractivity contribution is -0.0143. The molecule has 0 atom stereocenters. The second kappa shape index (κ2) is 13.3. The number of hydrogen-bond donors (Lipinski definition) is 0. The quantitative estimate of drug-likeness (QED) is 0.257. The van der Waals surface area contributed by atoms with Gasteiger partial charge in [-0.1, -0.05) is 141 Å². The fourth-order valence-electron chi connectivity index (χ4n) is 11.5. The molecule has 0 aromatic rings. The van der Waals surface area contributed by atoms with Crippen molar-refractivity contribution in [1.82, 2.24) is 0 Å². The van der Waals surface area contributed by atoms with Crippen LogP contribution in [0.25, 0.3) is 0 Å². The summed E-state index contributed by atoms with van der Waals surface area (Å²) in [5.74, 6) is 4.50. The minimum atomic E-state index is 0.208. The van der Waals surface area contributed by atoms with Gasteiger partial charge in [0.2, 0.25) is 0 Å². The molecular weight excluding hydrogens is 520 g/mol. The van der Waals surface area contributed by atoms with Crippen LogP contribution in [-0.2, 0) is 4.74 Å². The minimum absolute atomic E-state index is 0.208. The lowest BCUT2D eigenvalue weighted by Gasteiger charge is -2.55. The highest BCUT2D eigenvalue weighted by Crippen LogP contribution is 2.62. The Morgan fingerprint density at radius 3 is 1.14 bits per heavy atom. The van der Waals surface area contributed by atoms with Crippen molar-refractivity contribution in [2.75, 3.05) is 13.2 Å². The summed E-state index contributed by atoms with van der Waals surface area (Å²) in [5.41, 5.74) is 1.36. The second-order valence-electron chi connectivity index (χ2n) is 17.2. The Labute approximate surface area is 266 Å². The van der Waals surface area contributed by atoms with Crippen LogP contribution in [0.15, 0.2) is 48.6 Å². The van der Waals surface area contributed by atoms with Crippen LogP contribution >= 0.6 is 0 Å². The van der Waals surface area contributed by atoms with Gasteiger partial charge in [0.05, 0.1) is 13.2 Å². The molecule has 0 unspecified atom stereocenters. The molecule has 0 spiro atoms. The summed E-state index contributed by atoms with van der Waals surface area (Å²) < 4.78 is 6.44. The third kappa shape index (κ3) is 6.33. The van der Waals surface area contributed by atoms with E-state index in [-0.39, 0.29) is 10.8 Å². The second-order valence-corrected chi connectivity index (χ2v) is 17.2. The molecule has 1 heteroatoms. The maximum atomic E-state index is 6.44. The smallest absolute Gasteiger partial charge is 0.0563 e. The number of rotatable bonds is 8. The van der Waals surface area contributed by atoms with E-state index in [0.29, 0.717) is 22.7 Å². The molecule has 4 fully saturated rings. The van der Waals surface area contributed by atoms with Gasteiger partial charge in [0.15, 0.2) is 0 Å². The summed E-state index contributed by atoms with van der Waals surface area (Å²) in [4.78, 5) is 0. The largest absolute Gasteiger partial charge is 0.380 e. The summed E-state index contributed by atoms with van der Waals surface area (Å²) >= 11 is 0. The van der Waals surface area contributed by atoms with Crippen LogP contribution in [0.3, 0.4) is 0 Å². The van der Waals surface area contributed by atoms with Crippen molar-refractivity contribution in [3.8, 4) is 0 Å². The molecular formula is C42H66O. The standard InChI is InChI=1S/C42H66O/c1-33-11-15-37(16-12-33)41(23-7-5-8-24-41)39(3)27-19-35(20-28-39)31-43-32-36-21-29-40(4,30-22-36)42(25-9-6-10-26-42)38-17-13-34(2)14-18-38/h19-22,27-30,33-38H,5-18,23-26,31-32H2,1-4H3/t33-,34-,35-,36-,37-,38-,39-,40-. The summed E-state index contributed by atoms with van der Waals surface area (Å²) in [7, 11) is 0. The number of hydrogen-bond acceptors (Lipinski definition) is 1. The van der Waals surface area contributed by atoms with E-state index < -0.39 is 0 Å². The molecule has 0 amide bonds. The Bertz CT molecular complexity index is 903. The average Bonchev–Trinajstić information content (AvgIpc) is 3.04. The highest BCUT2D eigenvalue weighted by molar-refractivity contribution is 5.27. The van der Waals surface area contributed by atoms with Gasteiger partial charge in [0.25, 0.3) is 0 Å². The van der Waals surface area contributed by atoms with Gasteiger partial charge in [-0.05, 0) is 85.9 Å². The van der Waals surface area contributed by atoms with Gasteiger partial charge < -0.3 is 4.74 Å². The summed E-state index contributed by atoms with van der Waals surface area (Å²) in [6.07, 6.45) is 46.5. The van der Waals surface area contributed by atoms with Crippen molar-refractivity contribution < 1.29 is 4.74 Å². The lowest BCUT2D eigenvalue weighted by Crippen LogP contribution is -2.47. The molecule has 4 saturated carbocycles. The number of allylic oxidation sites excluding steroid dienone is 4. The molecule has 0 aromatic carbocycles. The van der Waals surface area contributed by atoms with Crippen molar-refractivity contribution in [2.24, 2.45) is 57.2 Å². The fraction of sp³-hybridized carbons (Fsp3) is 0.810. The first kappa shape index (κ1) is 31.9. The highest BCUT2D eigenvalue weighted by atomic mass is 16.5. The van der Waals surface area contributed by atoms with E-state index in [1.807, 2.05) is 0 Å². The van der Waals surface area contributed by atoms with Gasteiger partial charge in [-0.25, -0.2) is 0 Å². The maximum absolute atomic E-state index is 6.44. The van der Waals surface area contributed by atoms with Gasteiger partial charge in [-0.3, -0.25) is 0 Å². The van der Waals surface area contributed by atoms with Crippen LogP contribution in [0, 0.1) is 57.2 Å². The van der Waals surface area contributed by atoms with Crippen LogP contribution < -0.4 is 0 Å². The van der Waals surface area contributed by atoms with Crippen LogP contribution in [-0.4, -0.2) is 13.2 Å². The Morgan fingerprint density at radius 2 is 0.814 bits per heavy atom. The fourth-order valence-corrected chi connectivity index (χ4v) is 11.5. The molecule has 0 N–H and O–H groups in total. The number of ether oxygens (including phenoxy) is 1. The van der Waals surface area contributed by atoms with E-state index in [4.69, 9.17) is 4.74 Å². The normalized spacial score (nSPS) is 42.6. The zero-order valence-corrected chi connectivity index (χ0v) is 28.6. The van der Waals surface area contributed by atoms with Crippen LogP contribution in [0.2, 0.25) is 0 Å². The Kier molecular flexibility index (Phi) is 9.89. The molecule has 1 nitrogen and oxygen atoms in total. The zero-order valence-electron chi connectivity index (χ0n) is 28.6. The van der Waals surface area contributed by atoms with Crippen LogP contribution in [0.5, 0.6) is 0 Å². The van der Waals surface area contributed by atoms with Crippen LogP contribution in [0.4, 0.5) is 0 Å². The van der Waals surface area contributed by atoms with E-state index in [1.54, 1.807) is 0 Å². The molecule has 0 aromatic heterocycles. The average molecular weight is 587 g/mol. The Morgan fingerprint density at radius 1 is 0.488 bits per heavy atom. The van der Waals surface area contributed by atoms with Crippen molar-refractivity contribution in [1.29, 1.82) is 0 Å². The van der Waals surface area contributed by atoms with E-state index in [2.05, 4.69) is 76.3 Å². The maximum Gasteiger partial charge on any atom is 0.0563 e. The molecule has 6 aliphatic rings. The molecule has 6 rings (SSSR count). The molecule has 0 radical (unpaired) electrons. The van der Waals surface area contributed by atoms with E-state index >= 15 is 0 Å². The van der Waals surface area contributed by atoms with E-state index in [1.165, 1.54) is 116 Å². The first-order chi connectivity index (χ1) is 20.8. The van der Waals surface area contributed by atoms with E-state index in [0.717, 1.165) is 36.9 Å². The first-order valence-corrected chi connectivity index (χ1v) is 19.1. The molecule has 43 heavy (non-hydrogen) atoms. The van der Waals surface area contributed by atoms with Crippen LogP contribution in [0.1, 0.15) is 143 Å². The topological polar surface area (TPSA) is 9.23 Å². The van der Waals surface area contributed by atoms with Crippen molar-refractivity contribution in [3.05, 3.63) is 48.6 Å². The monoisotopic (exact) mass is 587 g/mol. The van der Waals surface area contributed by atoms with Gasteiger partial charge in [0, 0.05) is 22.7 Å². The molecule has 0 saturated heterocycles. The lowest BCUT2D eigenvalue weighted by atomic mass is 9.49. The molecule has 0 heterocycles. The van der Waals surface area contributed by atoms with E-state index in [9.17, 15) is 0 Å². The third-order valence-electron chi connectivity index (χ3n) is 14.6. The summed E-state index contributed by atoms with van der Waals surface area (Å²) in [5, 5.41) is 0. The molecule has 0 aliphatic heterocycles. The summed E-state index contributed by atoms with van der Waals surface area (Å²) in [6, 6.07) is 0. The van der Waals surface area contributed by atoms with Gasteiger partial charge in [0.1, 0.15) is 0 Å². The SMILES string of the molecule is C[C@H]1CC[C@H](C2([C@]3(C)C=C[C@@H](COC[C@H]4C=C[C@](C)(C5([C@H]6CC[C@H](C)CC6)CCCCC5)C=C4)C=C3)CCCCC2)CC1. The minimum Gasteiger partial charge on any atom is -0.380 e. The third-order valence-corrected chi connectivity index (χ3v) is 14.6. The molecule has 0 bridgehead atoms. The molecule has 240 valence electrons. The van der Waals surface area contributed by atoms with Crippen molar-refractivity contribution in [2.45, 2.75) is 143 Å². The van der Waals surface area contributed by atoms with Crippen molar-refractivity contribution in [3.63, 3.8) is 0 Å². The van der Waals surface area contributed by atoms with Gasteiger partial charge in [-0.2, -0.15) is 0 Å². The summed E-state index contributed by atoms with van der Waals surface area (Å²) in [6.45, 7) is 11.7. The predicted molar refractivity (Wildman–Crippen MR) is 184 cm³/mol. The predicted octanol–water partition coefficient (Wildman–Crippen LogP) is 12.1. The zero-order chi connectivity index (χ0) is 30.0. The van der Waals surface area contributed by atoms with Gasteiger partial charge in [-0.15, -0.1) is 0 Å². The highest BCUT2D eigenvalue weighted by Gasteiger charge is 2.52. The Hall–Kier alpha value is -1.08. The van der Waals surface area contributed by atoms with Gasteiger partial charge >= 0.3 is 0 Å². The molecule has 6 aliphatic carbocycles. The van der Waals surface area contributed by atoms with Crippen molar-refractivity contribution >= 4 is 0 Å². The first-order valence-electron chi connectivity index (χ1n) is 19.1.